The third kappa shape index (κ3) is 4.20. The van der Waals surface area contributed by atoms with Crippen molar-refractivity contribution in [2.75, 3.05) is 20.3 Å². The summed E-state index contributed by atoms with van der Waals surface area (Å²) >= 11 is 0. The normalized spacial score (nSPS) is 21.9. The van der Waals surface area contributed by atoms with Gasteiger partial charge < -0.3 is 14.4 Å². The van der Waals surface area contributed by atoms with E-state index in [0.29, 0.717) is 12.5 Å². The van der Waals surface area contributed by atoms with Crippen molar-refractivity contribution in [3.63, 3.8) is 0 Å². The van der Waals surface area contributed by atoms with Gasteiger partial charge >= 0.3 is 5.97 Å². The number of non-ortho nitro benzene ring substituents is 1. The molecule has 2 fully saturated rings. The molecule has 1 aliphatic heterocycles. The zero-order chi connectivity index (χ0) is 19.4. The Balaban J connectivity index is 1.65. The molecule has 27 heavy (non-hydrogen) atoms. The number of amides is 1. The van der Waals surface area contributed by atoms with Crippen molar-refractivity contribution in [3.05, 3.63) is 33.9 Å². The lowest BCUT2D eigenvalue weighted by atomic mass is 9.78. The zero-order valence-corrected chi connectivity index (χ0v) is 15.4. The Bertz CT molecular complexity index is 733. The lowest BCUT2D eigenvalue weighted by Gasteiger charge is -2.44. The maximum Gasteiger partial charge on any atom is 0.342 e. The quantitative estimate of drug-likeness (QED) is 0.445. The van der Waals surface area contributed by atoms with Crippen LogP contribution in [0.25, 0.3) is 0 Å². The molecule has 8 nitrogen and oxygen atoms in total. The molecule has 0 N–H and O–H groups in total. The van der Waals surface area contributed by atoms with Crippen molar-refractivity contribution in [2.45, 2.75) is 44.6 Å². The Morgan fingerprint density at radius 2 is 1.96 bits per heavy atom. The van der Waals surface area contributed by atoms with E-state index in [9.17, 15) is 19.7 Å². The fourth-order valence-corrected chi connectivity index (χ4v) is 4.19. The molecule has 2 atom stereocenters. The molecule has 3 rings (SSSR count). The van der Waals surface area contributed by atoms with Gasteiger partial charge in [-0.25, -0.2) is 4.79 Å². The summed E-state index contributed by atoms with van der Waals surface area (Å²) in [7, 11) is 1.36. The summed E-state index contributed by atoms with van der Waals surface area (Å²) in [4.78, 5) is 37.2. The standard InChI is InChI=1S/C19H24N2O6/c1-26-17-9-8-14(21(24)25)11-15(17)19(23)27-12-18(22)20-10-4-6-13-5-2-3-7-16(13)20/h8-9,11,13,16H,2-7,10,12H2,1H3/t13-,16-/m1/s1. The fourth-order valence-electron chi connectivity index (χ4n) is 4.19. The average molecular weight is 376 g/mol. The van der Waals surface area contributed by atoms with Crippen LogP contribution in [0.4, 0.5) is 5.69 Å². The van der Waals surface area contributed by atoms with Gasteiger partial charge in [-0.05, 0) is 37.7 Å². The first-order valence-electron chi connectivity index (χ1n) is 9.30. The predicted molar refractivity (Wildman–Crippen MR) is 96.6 cm³/mol. The average Bonchev–Trinajstić information content (AvgIpc) is 2.70. The van der Waals surface area contributed by atoms with E-state index in [4.69, 9.17) is 9.47 Å². The van der Waals surface area contributed by atoms with Gasteiger partial charge in [0.05, 0.1) is 12.0 Å². The molecular formula is C19H24N2O6. The minimum Gasteiger partial charge on any atom is -0.496 e. The second-order valence-electron chi connectivity index (χ2n) is 7.06. The van der Waals surface area contributed by atoms with E-state index in [1.54, 1.807) is 0 Å². The number of carbonyl (C=O) groups is 2. The van der Waals surface area contributed by atoms with E-state index in [2.05, 4.69) is 0 Å². The molecule has 0 bridgehead atoms. The molecule has 0 aromatic heterocycles. The lowest BCUT2D eigenvalue weighted by molar-refractivity contribution is -0.384. The van der Waals surface area contributed by atoms with E-state index >= 15 is 0 Å². The number of hydrogen-bond donors (Lipinski definition) is 0. The number of esters is 1. The maximum absolute atomic E-state index is 12.6. The Kier molecular flexibility index (Phi) is 5.93. The molecule has 1 saturated carbocycles. The van der Waals surface area contributed by atoms with Crippen molar-refractivity contribution >= 4 is 17.6 Å². The zero-order valence-electron chi connectivity index (χ0n) is 15.4. The molecule has 1 amide bonds. The number of likely N-dealkylation sites (tertiary alicyclic amines) is 1. The first-order valence-corrected chi connectivity index (χ1v) is 9.30. The van der Waals surface area contributed by atoms with Crippen LogP contribution in [0.1, 0.15) is 48.9 Å². The number of ether oxygens (including phenoxy) is 2. The van der Waals surface area contributed by atoms with E-state index in [0.717, 1.165) is 38.2 Å². The molecule has 146 valence electrons. The molecule has 8 heteroatoms. The molecule has 0 unspecified atom stereocenters. The second-order valence-corrected chi connectivity index (χ2v) is 7.06. The Morgan fingerprint density at radius 3 is 2.70 bits per heavy atom. The van der Waals surface area contributed by atoms with Crippen LogP contribution in [0.15, 0.2) is 18.2 Å². The third-order valence-corrected chi connectivity index (χ3v) is 5.50. The van der Waals surface area contributed by atoms with Crippen LogP contribution in [0, 0.1) is 16.0 Å². The highest BCUT2D eigenvalue weighted by molar-refractivity contribution is 5.94. The van der Waals surface area contributed by atoms with Gasteiger partial charge in [0.15, 0.2) is 6.61 Å². The topological polar surface area (TPSA) is 99.0 Å². The molecule has 1 aromatic carbocycles. The van der Waals surface area contributed by atoms with Crippen LogP contribution in [0.2, 0.25) is 0 Å². The summed E-state index contributed by atoms with van der Waals surface area (Å²) in [6, 6.07) is 3.93. The molecule has 1 saturated heterocycles. The van der Waals surface area contributed by atoms with Gasteiger partial charge in [0, 0.05) is 24.7 Å². The van der Waals surface area contributed by atoms with E-state index in [-0.39, 0.29) is 35.6 Å². The summed E-state index contributed by atoms with van der Waals surface area (Å²) in [6.07, 6.45) is 6.61. The number of methoxy groups -OCH3 is 1. The predicted octanol–water partition coefficient (Wildman–Crippen LogP) is 2.94. The summed E-state index contributed by atoms with van der Waals surface area (Å²) in [5, 5.41) is 10.9. The minimum atomic E-state index is -0.805. The van der Waals surface area contributed by atoms with E-state index in [1.807, 2.05) is 4.90 Å². The van der Waals surface area contributed by atoms with Crippen molar-refractivity contribution in [1.29, 1.82) is 0 Å². The maximum atomic E-state index is 12.6. The fraction of sp³-hybridized carbons (Fsp3) is 0.579. The van der Waals surface area contributed by atoms with Gasteiger partial charge in [-0.15, -0.1) is 0 Å². The third-order valence-electron chi connectivity index (χ3n) is 5.50. The number of fused-ring (bicyclic) bond motifs is 1. The van der Waals surface area contributed by atoms with Gasteiger partial charge in [0.25, 0.3) is 11.6 Å². The van der Waals surface area contributed by atoms with Gasteiger partial charge in [-0.1, -0.05) is 12.8 Å². The smallest absolute Gasteiger partial charge is 0.342 e. The Morgan fingerprint density at radius 1 is 1.22 bits per heavy atom. The molecule has 1 aliphatic carbocycles. The second kappa shape index (κ2) is 8.37. The lowest BCUT2D eigenvalue weighted by Crippen LogP contribution is -2.50. The molecular weight excluding hydrogens is 352 g/mol. The number of carbonyl (C=O) groups excluding carboxylic acids is 2. The molecule has 1 aromatic rings. The Hall–Kier alpha value is -2.64. The van der Waals surface area contributed by atoms with E-state index < -0.39 is 10.9 Å². The molecule has 2 aliphatic rings. The van der Waals surface area contributed by atoms with Crippen LogP contribution in [-0.2, 0) is 9.53 Å². The van der Waals surface area contributed by atoms with Crippen molar-refractivity contribution in [1.82, 2.24) is 4.90 Å². The molecule has 0 radical (unpaired) electrons. The first-order chi connectivity index (χ1) is 13.0. The highest BCUT2D eigenvalue weighted by atomic mass is 16.6. The van der Waals surface area contributed by atoms with Crippen molar-refractivity contribution in [2.24, 2.45) is 5.92 Å². The van der Waals surface area contributed by atoms with Crippen LogP contribution in [0.5, 0.6) is 5.75 Å². The number of piperidine rings is 1. The largest absolute Gasteiger partial charge is 0.496 e. The summed E-state index contributed by atoms with van der Waals surface area (Å²) in [5.74, 6) is -0.294. The van der Waals surface area contributed by atoms with Gasteiger partial charge in [0.2, 0.25) is 0 Å². The van der Waals surface area contributed by atoms with Gasteiger partial charge in [0.1, 0.15) is 11.3 Å². The number of hydrogen-bond acceptors (Lipinski definition) is 6. The van der Waals surface area contributed by atoms with Crippen LogP contribution in [-0.4, -0.2) is 48.0 Å². The highest BCUT2D eigenvalue weighted by Crippen LogP contribution is 2.35. The monoisotopic (exact) mass is 376 g/mol. The summed E-state index contributed by atoms with van der Waals surface area (Å²) in [6.45, 7) is 0.325. The number of rotatable bonds is 5. The summed E-state index contributed by atoms with van der Waals surface area (Å²) < 4.78 is 10.2. The number of benzene rings is 1. The highest BCUT2D eigenvalue weighted by Gasteiger charge is 2.36. The first kappa shape index (κ1) is 19.1. The van der Waals surface area contributed by atoms with Crippen LogP contribution >= 0.6 is 0 Å². The molecule has 0 spiro atoms. The van der Waals surface area contributed by atoms with Gasteiger partial charge in [-0.3, -0.25) is 14.9 Å². The van der Waals surface area contributed by atoms with Crippen molar-refractivity contribution in [3.8, 4) is 5.75 Å². The number of nitrogens with zero attached hydrogens (tertiary/aromatic N) is 2. The molecule has 1 heterocycles. The van der Waals surface area contributed by atoms with Gasteiger partial charge in [-0.2, -0.15) is 0 Å². The van der Waals surface area contributed by atoms with Crippen LogP contribution < -0.4 is 4.74 Å². The van der Waals surface area contributed by atoms with Crippen LogP contribution in [0.3, 0.4) is 0 Å². The minimum absolute atomic E-state index is 0.0614. The Labute approximate surface area is 157 Å². The number of nitro groups is 1. The number of nitro benzene ring substituents is 1. The van der Waals surface area contributed by atoms with Crippen molar-refractivity contribution < 1.29 is 24.0 Å². The van der Waals surface area contributed by atoms with E-state index in [1.165, 1.54) is 25.7 Å². The summed E-state index contributed by atoms with van der Waals surface area (Å²) in [5.41, 5.74) is -0.302. The SMILES string of the molecule is COc1ccc([N+](=O)[O-])cc1C(=O)OCC(=O)N1CCC[C@H]2CCCC[C@H]21.